The number of hydrogen-bond acceptors (Lipinski definition) is 6. The summed E-state index contributed by atoms with van der Waals surface area (Å²) < 4.78 is 7.84. The molecule has 1 saturated carbocycles. The van der Waals surface area contributed by atoms with Crippen LogP contribution in [0.5, 0.6) is 5.75 Å². The van der Waals surface area contributed by atoms with Crippen LogP contribution >= 0.6 is 0 Å². The molecule has 3 aromatic rings. The number of carbonyl (C=O) groups excluding carboxylic acids is 1. The van der Waals surface area contributed by atoms with Crippen LogP contribution < -0.4 is 15.8 Å². The van der Waals surface area contributed by atoms with Crippen molar-refractivity contribution >= 4 is 22.8 Å². The van der Waals surface area contributed by atoms with E-state index in [-0.39, 0.29) is 18.0 Å². The van der Waals surface area contributed by atoms with Gasteiger partial charge in [0.05, 0.1) is 11.4 Å². The molecular weight excluding hydrogens is 440 g/mol. The zero-order valence-electron chi connectivity index (χ0n) is 19.6. The van der Waals surface area contributed by atoms with Crippen LogP contribution in [0.4, 0.5) is 5.82 Å². The fourth-order valence-electron chi connectivity index (χ4n) is 4.31. The number of ether oxygens (including phenoxy) is 1. The normalized spacial score (nSPS) is 18.3. The molecule has 0 spiro atoms. The van der Waals surface area contributed by atoms with Crippen LogP contribution in [0.2, 0.25) is 0 Å². The van der Waals surface area contributed by atoms with E-state index in [1.807, 2.05) is 41.9 Å². The zero-order chi connectivity index (χ0) is 24.8. The zero-order valence-corrected chi connectivity index (χ0v) is 19.6. The van der Waals surface area contributed by atoms with Gasteiger partial charge in [-0.25, -0.2) is 14.6 Å². The third kappa shape index (κ3) is 5.25. The van der Waals surface area contributed by atoms with Crippen molar-refractivity contribution in [2.24, 2.45) is 0 Å². The molecule has 0 atom stereocenters. The number of nitrogens with two attached hydrogens (primary N) is 1. The number of amides is 1. The quantitative estimate of drug-likeness (QED) is 0.231. The predicted molar refractivity (Wildman–Crippen MR) is 137 cm³/mol. The Morgan fingerprint density at radius 1 is 1.26 bits per heavy atom. The lowest BCUT2D eigenvalue weighted by Crippen LogP contribution is -2.37. The molecule has 1 amide bonds. The molecule has 0 aliphatic heterocycles. The third-order valence-corrected chi connectivity index (χ3v) is 6.08. The molecule has 2 aromatic heterocycles. The van der Waals surface area contributed by atoms with E-state index in [1.54, 1.807) is 12.2 Å². The first kappa shape index (κ1) is 23.8. The van der Waals surface area contributed by atoms with E-state index in [0.29, 0.717) is 23.0 Å². The number of fused-ring (bicyclic) bond motifs is 1. The second kappa shape index (κ2) is 10.7. The van der Waals surface area contributed by atoms with E-state index in [2.05, 4.69) is 27.8 Å². The lowest BCUT2D eigenvalue weighted by Gasteiger charge is -2.29. The molecule has 4 rings (SSSR count). The summed E-state index contributed by atoms with van der Waals surface area (Å²) in [6.45, 7) is 5.41. The van der Waals surface area contributed by atoms with Crippen molar-refractivity contribution in [3.8, 4) is 29.4 Å². The van der Waals surface area contributed by atoms with Gasteiger partial charge in [-0.2, -0.15) is 5.10 Å². The summed E-state index contributed by atoms with van der Waals surface area (Å²) in [4.78, 5) is 20.4. The summed E-state index contributed by atoms with van der Waals surface area (Å²) in [5.41, 5.74) is 8.59. The van der Waals surface area contributed by atoms with Gasteiger partial charge in [0.25, 0.3) is 0 Å². The standard InChI is InChI=1S/C27H28N6O2/c1-4-7-8-21(5-2)35-22-15-9-18(10-16-22)25-24-26(28)29-17-30-27(24)33(32-25)20-13-11-19(12-14-20)31-23(34)6-3/h1,5-10,15-17,19-20H,3,11-14H2,2H3,(H,31,34)(H2,28,29,30)/b8-7-,21-5+. The summed E-state index contributed by atoms with van der Waals surface area (Å²) in [6.07, 6.45) is 16.7. The monoisotopic (exact) mass is 468 g/mol. The van der Waals surface area contributed by atoms with E-state index in [9.17, 15) is 4.79 Å². The summed E-state index contributed by atoms with van der Waals surface area (Å²) >= 11 is 0. The van der Waals surface area contributed by atoms with Crippen molar-refractivity contribution < 1.29 is 9.53 Å². The second-order valence-electron chi connectivity index (χ2n) is 8.29. The first-order valence-electron chi connectivity index (χ1n) is 11.5. The maximum Gasteiger partial charge on any atom is 0.243 e. The lowest BCUT2D eigenvalue weighted by molar-refractivity contribution is -0.117. The van der Waals surface area contributed by atoms with Crippen LogP contribution in [0.15, 0.2) is 67.2 Å². The van der Waals surface area contributed by atoms with Gasteiger partial charge in [0.15, 0.2) is 5.65 Å². The number of nitrogen functional groups attached to an aromatic ring is 1. The highest BCUT2D eigenvalue weighted by atomic mass is 16.5. The number of allylic oxidation sites excluding steroid dienone is 3. The largest absolute Gasteiger partial charge is 0.458 e. The van der Waals surface area contributed by atoms with Crippen molar-refractivity contribution in [1.29, 1.82) is 0 Å². The van der Waals surface area contributed by atoms with Crippen molar-refractivity contribution in [3.05, 3.63) is 67.2 Å². The van der Waals surface area contributed by atoms with Gasteiger partial charge in [0.2, 0.25) is 5.91 Å². The summed E-state index contributed by atoms with van der Waals surface area (Å²) in [5.74, 6) is 4.04. The lowest BCUT2D eigenvalue weighted by atomic mass is 9.91. The van der Waals surface area contributed by atoms with E-state index >= 15 is 0 Å². The van der Waals surface area contributed by atoms with Gasteiger partial charge in [0, 0.05) is 11.6 Å². The Morgan fingerprint density at radius 2 is 2.00 bits per heavy atom. The van der Waals surface area contributed by atoms with Crippen LogP contribution in [0, 0.1) is 12.3 Å². The molecule has 35 heavy (non-hydrogen) atoms. The predicted octanol–water partition coefficient (Wildman–Crippen LogP) is 4.33. The topological polar surface area (TPSA) is 108 Å². The van der Waals surface area contributed by atoms with Crippen molar-refractivity contribution in [3.63, 3.8) is 0 Å². The summed E-state index contributed by atoms with van der Waals surface area (Å²) in [7, 11) is 0. The molecule has 178 valence electrons. The van der Waals surface area contributed by atoms with Crippen molar-refractivity contribution in [1.82, 2.24) is 25.1 Å². The molecule has 0 radical (unpaired) electrons. The first-order chi connectivity index (χ1) is 17.0. The third-order valence-electron chi connectivity index (χ3n) is 6.08. The highest BCUT2D eigenvalue weighted by Crippen LogP contribution is 2.36. The van der Waals surface area contributed by atoms with E-state index < -0.39 is 0 Å². The Balaban J connectivity index is 1.60. The number of terminal acetylenes is 1. The van der Waals surface area contributed by atoms with Crippen LogP contribution in [0.25, 0.3) is 22.3 Å². The van der Waals surface area contributed by atoms with Gasteiger partial charge in [-0.05, 0) is 81.2 Å². The van der Waals surface area contributed by atoms with Gasteiger partial charge in [0.1, 0.15) is 29.3 Å². The molecule has 8 heteroatoms. The van der Waals surface area contributed by atoms with Crippen LogP contribution in [0.3, 0.4) is 0 Å². The highest BCUT2D eigenvalue weighted by Gasteiger charge is 2.27. The van der Waals surface area contributed by atoms with E-state index in [4.69, 9.17) is 22.0 Å². The van der Waals surface area contributed by atoms with Gasteiger partial charge < -0.3 is 15.8 Å². The SMILES string of the molecule is C#C/C=C\C(=C/C)Oc1ccc(-c2nn(C3CCC(NC(=O)C=C)CC3)c3ncnc(N)c23)cc1. The number of aromatic nitrogens is 4. The Labute approximate surface area is 204 Å². The number of hydrogen-bond donors (Lipinski definition) is 2. The number of rotatable bonds is 7. The minimum atomic E-state index is -0.137. The molecule has 0 saturated heterocycles. The van der Waals surface area contributed by atoms with Gasteiger partial charge >= 0.3 is 0 Å². The van der Waals surface area contributed by atoms with Crippen LogP contribution in [-0.2, 0) is 4.79 Å². The van der Waals surface area contributed by atoms with Crippen LogP contribution in [-0.4, -0.2) is 31.7 Å². The molecule has 0 bridgehead atoms. The number of benzene rings is 1. The Bertz CT molecular complexity index is 1320. The fraction of sp³-hybridized carbons (Fsp3) is 0.259. The number of anilines is 1. The van der Waals surface area contributed by atoms with Gasteiger partial charge in [-0.1, -0.05) is 12.5 Å². The molecule has 1 aromatic carbocycles. The second-order valence-corrected chi connectivity index (χ2v) is 8.29. The van der Waals surface area contributed by atoms with Crippen LogP contribution in [0.1, 0.15) is 38.6 Å². The Kier molecular flexibility index (Phi) is 7.27. The van der Waals surface area contributed by atoms with E-state index in [0.717, 1.165) is 42.3 Å². The molecule has 8 nitrogen and oxygen atoms in total. The minimum Gasteiger partial charge on any atom is -0.458 e. The maximum absolute atomic E-state index is 11.7. The Morgan fingerprint density at radius 3 is 2.66 bits per heavy atom. The summed E-state index contributed by atoms with van der Waals surface area (Å²) in [6, 6.07) is 7.92. The fourth-order valence-corrected chi connectivity index (χ4v) is 4.31. The first-order valence-corrected chi connectivity index (χ1v) is 11.5. The Hall–Kier alpha value is -4.38. The highest BCUT2D eigenvalue weighted by molar-refractivity contribution is 5.98. The average Bonchev–Trinajstić information content (AvgIpc) is 3.28. The summed E-state index contributed by atoms with van der Waals surface area (Å²) in [5, 5.41) is 8.66. The number of carbonyl (C=O) groups is 1. The van der Waals surface area contributed by atoms with E-state index in [1.165, 1.54) is 12.4 Å². The molecule has 3 N–H and O–H groups in total. The number of nitrogens with zero attached hydrogens (tertiary/aromatic N) is 4. The average molecular weight is 469 g/mol. The van der Waals surface area contributed by atoms with Crippen molar-refractivity contribution in [2.75, 3.05) is 5.73 Å². The maximum atomic E-state index is 11.7. The van der Waals surface area contributed by atoms with Gasteiger partial charge in [-0.15, -0.1) is 6.42 Å². The molecular formula is C27H28N6O2. The molecule has 1 aliphatic rings. The number of nitrogens with one attached hydrogen (secondary N) is 1. The van der Waals surface area contributed by atoms with Gasteiger partial charge in [-0.3, -0.25) is 4.79 Å². The molecule has 0 unspecified atom stereocenters. The molecule has 2 heterocycles. The molecule has 1 fully saturated rings. The van der Waals surface area contributed by atoms with Crippen molar-refractivity contribution in [2.45, 2.75) is 44.7 Å². The minimum absolute atomic E-state index is 0.137. The molecule has 1 aliphatic carbocycles. The smallest absolute Gasteiger partial charge is 0.243 e.